The first-order chi connectivity index (χ1) is 10.7. The highest BCUT2D eigenvalue weighted by atomic mass is 16.2. The van der Waals surface area contributed by atoms with E-state index in [1.807, 2.05) is 24.0 Å². The summed E-state index contributed by atoms with van der Waals surface area (Å²) in [6.07, 6.45) is 4.79. The molecule has 22 heavy (non-hydrogen) atoms. The van der Waals surface area contributed by atoms with Gasteiger partial charge >= 0.3 is 6.03 Å². The van der Waals surface area contributed by atoms with Crippen LogP contribution in [-0.2, 0) is 13.5 Å². The summed E-state index contributed by atoms with van der Waals surface area (Å²) in [4.78, 5) is 12.1. The number of hydrogen-bond acceptors (Lipinski definition) is 3. The summed E-state index contributed by atoms with van der Waals surface area (Å²) in [5.74, 6) is 0. The molecule has 0 saturated carbocycles. The van der Waals surface area contributed by atoms with Gasteiger partial charge in [-0.3, -0.25) is 4.68 Å². The molecular weight excluding hydrogens is 278 g/mol. The van der Waals surface area contributed by atoms with Crippen LogP contribution in [0.15, 0.2) is 30.5 Å². The fraction of sp³-hybridized carbons (Fsp3) is 0.312. The van der Waals surface area contributed by atoms with E-state index in [0.29, 0.717) is 11.3 Å². The Hall–Kier alpha value is -2.81. The van der Waals surface area contributed by atoms with Crippen molar-refractivity contribution >= 4 is 11.7 Å². The lowest BCUT2D eigenvalue weighted by molar-refractivity contribution is 0.247. The van der Waals surface area contributed by atoms with Crippen molar-refractivity contribution in [1.82, 2.24) is 15.1 Å². The van der Waals surface area contributed by atoms with Gasteiger partial charge in [0.2, 0.25) is 0 Å². The quantitative estimate of drug-likeness (QED) is 0.893. The number of carbonyl (C=O) groups is 1. The number of rotatable bonds is 2. The van der Waals surface area contributed by atoms with Crippen LogP contribution >= 0.6 is 0 Å². The SMILES string of the molecule is Cn1ncc2c1CCC[C@H]2NC(=O)Nc1ccc(C#N)cc1. The Morgan fingerprint density at radius 1 is 1.41 bits per heavy atom. The number of fused-ring (bicyclic) bond motifs is 1. The van der Waals surface area contributed by atoms with Gasteiger partial charge in [0.1, 0.15) is 0 Å². The third kappa shape index (κ3) is 2.79. The van der Waals surface area contributed by atoms with Crippen molar-refractivity contribution < 1.29 is 4.79 Å². The van der Waals surface area contributed by atoms with Gasteiger partial charge in [0.15, 0.2) is 0 Å². The molecule has 0 saturated heterocycles. The van der Waals surface area contributed by atoms with E-state index < -0.39 is 0 Å². The van der Waals surface area contributed by atoms with Crippen LogP contribution in [0.5, 0.6) is 0 Å². The van der Waals surface area contributed by atoms with Gasteiger partial charge in [0.25, 0.3) is 0 Å². The summed E-state index contributed by atoms with van der Waals surface area (Å²) >= 11 is 0. The molecule has 0 radical (unpaired) electrons. The van der Waals surface area contributed by atoms with E-state index in [-0.39, 0.29) is 12.1 Å². The number of nitrogens with one attached hydrogen (secondary N) is 2. The maximum atomic E-state index is 12.1. The Kier molecular flexibility index (Phi) is 3.79. The van der Waals surface area contributed by atoms with E-state index >= 15 is 0 Å². The summed E-state index contributed by atoms with van der Waals surface area (Å²) in [6.45, 7) is 0. The third-order valence-corrected chi connectivity index (χ3v) is 3.95. The van der Waals surface area contributed by atoms with E-state index in [0.717, 1.165) is 24.8 Å². The molecule has 1 heterocycles. The van der Waals surface area contributed by atoms with Crippen LogP contribution in [0, 0.1) is 11.3 Å². The highest BCUT2D eigenvalue weighted by molar-refractivity contribution is 5.89. The van der Waals surface area contributed by atoms with Crippen molar-refractivity contribution in [3.63, 3.8) is 0 Å². The molecule has 0 unspecified atom stereocenters. The molecule has 0 aliphatic heterocycles. The van der Waals surface area contributed by atoms with E-state index in [1.165, 1.54) is 5.69 Å². The van der Waals surface area contributed by atoms with Crippen molar-refractivity contribution in [2.45, 2.75) is 25.3 Å². The molecule has 112 valence electrons. The average Bonchev–Trinajstić information content (AvgIpc) is 2.91. The van der Waals surface area contributed by atoms with E-state index in [1.54, 1.807) is 24.3 Å². The van der Waals surface area contributed by atoms with Crippen LogP contribution in [0.1, 0.15) is 35.7 Å². The average molecular weight is 295 g/mol. The van der Waals surface area contributed by atoms with Crippen LogP contribution in [0.4, 0.5) is 10.5 Å². The van der Waals surface area contributed by atoms with Gasteiger partial charge in [-0.2, -0.15) is 10.4 Å². The maximum Gasteiger partial charge on any atom is 0.319 e. The van der Waals surface area contributed by atoms with Crippen molar-refractivity contribution in [2.24, 2.45) is 7.05 Å². The number of nitrogens with zero attached hydrogens (tertiary/aromatic N) is 3. The molecule has 1 aromatic heterocycles. The summed E-state index contributed by atoms with van der Waals surface area (Å²) in [7, 11) is 1.93. The normalized spacial score (nSPS) is 16.5. The maximum absolute atomic E-state index is 12.1. The van der Waals surface area contributed by atoms with Crippen molar-refractivity contribution in [1.29, 1.82) is 5.26 Å². The Morgan fingerprint density at radius 3 is 2.91 bits per heavy atom. The monoisotopic (exact) mass is 295 g/mol. The molecule has 3 rings (SSSR count). The highest BCUT2D eigenvalue weighted by Crippen LogP contribution is 2.29. The molecule has 0 spiro atoms. The smallest absolute Gasteiger partial charge is 0.319 e. The highest BCUT2D eigenvalue weighted by Gasteiger charge is 2.24. The van der Waals surface area contributed by atoms with Crippen molar-refractivity contribution in [2.75, 3.05) is 5.32 Å². The molecule has 6 heteroatoms. The molecule has 2 aromatic rings. The number of aryl methyl sites for hydroxylation is 1. The Morgan fingerprint density at radius 2 is 2.18 bits per heavy atom. The van der Waals surface area contributed by atoms with E-state index in [4.69, 9.17) is 5.26 Å². The number of amides is 2. The molecule has 2 N–H and O–H groups in total. The number of nitriles is 1. The number of urea groups is 1. The predicted molar refractivity (Wildman–Crippen MR) is 82.2 cm³/mol. The number of hydrogen-bond donors (Lipinski definition) is 2. The molecule has 1 aromatic carbocycles. The zero-order valence-electron chi connectivity index (χ0n) is 12.3. The van der Waals surface area contributed by atoms with Crippen molar-refractivity contribution in [3.05, 3.63) is 47.3 Å². The lowest BCUT2D eigenvalue weighted by atomic mass is 9.93. The van der Waals surface area contributed by atoms with Gasteiger partial charge in [0, 0.05) is 24.0 Å². The molecule has 0 fully saturated rings. The summed E-state index contributed by atoms with van der Waals surface area (Å²) in [6, 6.07) is 8.59. The Labute approximate surface area is 128 Å². The number of aromatic nitrogens is 2. The first kappa shape index (κ1) is 14.1. The molecule has 2 amide bonds. The Bertz CT molecular complexity index is 726. The predicted octanol–water partition coefficient (Wildman–Crippen LogP) is 2.49. The van der Waals surface area contributed by atoms with Crippen LogP contribution in [0.2, 0.25) is 0 Å². The first-order valence-electron chi connectivity index (χ1n) is 7.26. The van der Waals surface area contributed by atoms with E-state index in [9.17, 15) is 4.79 Å². The lowest BCUT2D eigenvalue weighted by Crippen LogP contribution is -2.34. The second kappa shape index (κ2) is 5.90. The van der Waals surface area contributed by atoms with Crippen LogP contribution in [0.25, 0.3) is 0 Å². The van der Waals surface area contributed by atoms with Crippen molar-refractivity contribution in [3.8, 4) is 6.07 Å². The van der Waals surface area contributed by atoms with Gasteiger partial charge < -0.3 is 10.6 Å². The standard InChI is InChI=1S/C16H17N5O/c1-21-15-4-2-3-14(13(15)10-18-21)20-16(22)19-12-7-5-11(9-17)6-8-12/h5-8,10,14H,2-4H2,1H3,(H2,19,20,22)/t14-/m1/s1. The number of anilines is 1. The van der Waals surface area contributed by atoms with Crippen LogP contribution in [-0.4, -0.2) is 15.8 Å². The van der Waals surface area contributed by atoms with Gasteiger partial charge in [-0.1, -0.05) is 0 Å². The number of carbonyl (C=O) groups excluding carboxylic acids is 1. The van der Waals surface area contributed by atoms with Crippen LogP contribution < -0.4 is 10.6 Å². The van der Waals surface area contributed by atoms with Gasteiger partial charge in [0.05, 0.1) is 23.9 Å². The zero-order valence-corrected chi connectivity index (χ0v) is 12.3. The minimum atomic E-state index is -0.244. The van der Waals surface area contributed by atoms with Gasteiger partial charge in [-0.05, 0) is 43.5 Å². The third-order valence-electron chi connectivity index (χ3n) is 3.95. The van der Waals surface area contributed by atoms with Gasteiger partial charge in [-0.25, -0.2) is 4.79 Å². The summed E-state index contributed by atoms with van der Waals surface area (Å²) in [5, 5.41) is 18.8. The zero-order chi connectivity index (χ0) is 15.5. The summed E-state index contributed by atoms with van der Waals surface area (Å²) in [5.41, 5.74) is 3.52. The Balaban J connectivity index is 1.66. The van der Waals surface area contributed by atoms with E-state index in [2.05, 4.69) is 15.7 Å². The van der Waals surface area contributed by atoms with Gasteiger partial charge in [-0.15, -0.1) is 0 Å². The second-order valence-corrected chi connectivity index (χ2v) is 5.40. The first-order valence-corrected chi connectivity index (χ1v) is 7.26. The second-order valence-electron chi connectivity index (χ2n) is 5.40. The summed E-state index contributed by atoms with van der Waals surface area (Å²) < 4.78 is 1.88. The largest absolute Gasteiger partial charge is 0.331 e. The lowest BCUT2D eigenvalue weighted by Gasteiger charge is -2.23. The molecule has 1 aliphatic rings. The topological polar surface area (TPSA) is 82.7 Å². The molecular formula is C16H17N5O. The number of benzene rings is 1. The fourth-order valence-electron chi connectivity index (χ4n) is 2.81. The fourth-order valence-corrected chi connectivity index (χ4v) is 2.81. The molecule has 6 nitrogen and oxygen atoms in total. The minimum absolute atomic E-state index is 0.00386. The van der Waals surface area contributed by atoms with Crippen LogP contribution in [0.3, 0.4) is 0 Å². The molecule has 0 bridgehead atoms. The molecule has 1 aliphatic carbocycles. The minimum Gasteiger partial charge on any atom is -0.331 e. The molecule has 1 atom stereocenters.